The summed E-state index contributed by atoms with van der Waals surface area (Å²) in [5.41, 5.74) is 0.932. The van der Waals surface area contributed by atoms with Crippen molar-refractivity contribution in [3.05, 3.63) is 72.4 Å². The Hall–Kier alpha value is -4.22. The summed E-state index contributed by atoms with van der Waals surface area (Å²) < 4.78 is 47.6. The van der Waals surface area contributed by atoms with Gasteiger partial charge in [0, 0.05) is 6.54 Å². The Bertz CT molecular complexity index is 1290. The predicted molar refractivity (Wildman–Crippen MR) is 106 cm³/mol. The summed E-state index contributed by atoms with van der Waals surface area (Å²) in [4.78, 5) is 20.4. The van der Waals surface area contributed by atoms with E-state index in [1.165, 1.54) is 35.4 Å². The van der Waals surface area contributed by atoms with Crippen LogP contribution >= 0.6 is 0 Å². The average Bonchev–Trinajstić information content (AvgIpc) is 3.45. The fourth-order valence-corrected chi connectivity index (χ4v) is 3.56. The van der Waals surface area contributed by atoms with Gasteiger partial charge in [0.1, 0.15) is 11.8 Å². The molecular formula is C21H15F3N6O3. The van der Waals surface area contributed by atoms with E-state index >= 15 is 0 Å². The first kappa shape index (κ1) is 20.7. The highest BCUT2D eigenvalue weighted by atomic mass is 19.4. The third-order valence-corrected chi connectivity index (χ3v) is 5.13. The monoisotopic (exact) mass is 456 g/mol. The molecule has 0 saturated carbocycles. The second kappa shape index (κ2) is 8.04. The van der Waals surface area contributed by atoms with Gasteiger partial charge in [0.2, 0.25) is 11.7 Å². The van der Waals surface area contributed by atoms with Crippen molar-refractivity contribution in [2.75, 3.05) is 6.54 Å². The van der Waals surface area contributed by atoms with Crippen molar-refractivity contribution in [2.45, 2.75) is 18.8 Å². The fraction of sp³-hybridized carbons (Fsp3) is 0.190. The van der Waals surface area contributed by atoms with Crippen LogP contribution in [-0.4, -0.2) is 48.8 Å². The molecular weight excluding hydrogens is 441 g/mol. The molecule has 1 amide bonds. The molecule has 3 heterocycles. The zero-order chi connectivity index (χ0) is 23.0. The largest absolute Gasteiger partial charge is 0.573 e. The second-order valence-electron chi connectivity index (χ2n) is 7.14. The minimum Gasteiger partial charge on any atom is -0.405 e. The van der Waals surface area contributed by atoms with Crippen LogP contribution in [0.4, 0.5) is 13.2 Å². The quantitative estimate of drug-likeness (QED) is 0.450. The molecule has 1 saturated heterocycles. The topological polar surface area (TPSA) is 99.2 Å². The summed E-state index contributed by atoms with van der Waals surface area (Å²) in [5, 5.41) is 12.0. The molecule has 12 heteroatoms. The number of nitrogens with zero attached hydrogens (tertiary/aromatic N) is 6. The van der Waals surface area contributed by atoms with Gasteiger partial charge in [-0.3, -0.25) is 4.79 Å². The van der Waals surface area contributed by atoms with Gasteiger partial charge in [-0.2, -0.15) is 20.0 Å². The number of benzene rings is 2. The first-order valence-corrected chi connectivity index (χ1v) is 9.86. The van der Waals surface area contributed by atoms with Crippen molar-refractivity contribution in [2.24, 2.45) is 0 Å². The lowest BCUT2D eigenvalue weighted by Gasteiger charge is -2.38. The van der Waals surface area contributed by atoms with Crippen molar-refractivity contribution in [3.63, 3.8) is 0 Å². The van der Waals surface area contributed by atoms with Crippen LogP contribution in [0, 0.1) is 0 Å². The molecule has 9 nitrogen and oxygen atoms in total. The predicted octanol–water partition coefficient (Wildman–Crippen LogP) is 3.80. The Morgan fingerprint density at radius 1 is 1.06 bits per heavy atom. The van der Waals surface area contributed by atoms with E-state index in [0.717, 1.165) is 6.07 Å². The molecule has 1 aliphatic rings. The molecule has 1 atom stereocenters. The molecule has 4 aromatic rings. The molecule has 2 aromatic heterocycles. The van der Waals surface area contributed by atoms with Gasteiger partial charge in [0.05, 0.1) is 29.2 Å². The van der Waals surface area contributed by atoms with Crippen LogP contribution in [0.15, 0.2) is 65.4 Å². The number of amides is 1. The number of hydrogen-bond acceptors (Lipinski definition) is 7. The zero-order valence-corrected chi connectivity index (χ0v) is 16.8. The number of halogens is 3. The van der Waals surface area contributed by atoms with E-state index in [1.807, 2.05) is 0 Å². The SMILES string of the molecule is O=C(c1ccccc1-n1nccn1)N1CC[C@H]1c1nc(-c2ccccc2OC(F)(F)F)no1. The number of ether oxygens (including phenoxy) is 1. The Kier molecular flexibility index (Phi) is 5.04. The lowest BCUT2D eigenvalue weighted by molar-refractivity contribution is -0.274. The minimum absolute atomic E-state index is 0.0251. The molecule has 2 aromatic carbocycles. The maximum absolute atomic E-state index is 13.2. The van der Waals surface area contributed by atoms with Gasteiger partial charge in [0.15, 0.2) is 0 Å². The molecule has 33 heavy (non-hydrogen) atoms. The average molecular weight is 456 g/mol. The Morgan fingerprint density at radius 2 is 1.79 bits per heavy atom. The molecule has 0 unspecified atom stereocenters. The fourth-order valence-electron chi connectivity index (χ4n) is 3.56. The molecule has 168 valence electrons. The van der Waals surface area contributed by atoms with Crippen LogP contribution in [0.1, 0.15) is 28.7 Å². The highest BCUT2D eigenvalue weighted by Crippen LogP contribution is 2.37. The van der Waals surface area contributed by atoms with Gasteiger partial charge in [0.25, 0.3) is 5.91 Å². The summed E-state index contributed by atoms with van der Waals surface area (Å²) in [6.45, 7) is 0.454. The Labute approximate surface area is 184 Å². The van der Waals surface area contributed by atoms with Crippen molar-refractivity contribution in [1.29, 1.82) is 0 Å². The number of rotatable bonds is 5. The number of aromatic nitrogens is 5. The van der Waals surface area contributed by atoms with E-state index < -0.39 is 18.2 Å². The van der Waals surface area contributed by atoms with E-state index in [0.29, 0.717) is 24.2 Å². The second-order valence-corrected chi connectivity index (χ2v) is 7.14. The van der Waals surface area contributed by atoms with Gasteiger partial charge < -0.3 is 14.2 Å². The van der Waals surface area contributed by atoms with Crippen molar-refractivity contribution >= 4 is 5.91 Å². The Balaban J connectivity index is 1.40. The molecule has 0 N–H and O–H groups in total. The van der Waals surface area contributed by atoms with Crippen LogP contribution in [0.25, 0.3) is 17.1 Å². The first-order valence-electron chi connectivity index (χ1n) is 9.86. The lowest BCUT2D eigenvalue weighted by atomic mass is 10.0. The van der Waals surface area contributed by atoms with Gasteiger partial charge in [-0.15, -0.1) is 13.2 Å². The number of para-hydroxylation sites is 2. The van der Waals surface area contributed by atoms with Crippen LogP contribution in [0.3, 0.4) is 0 Å². The third kappa shape index (κ3) is 4.02. The van der Waals surface area contributed by atoms with E-state index in [2.05, 4.69) is 25.1 Å². The van der Waals surface area contributed by atoms with Crippen LogP contribution < -0.4 is 4.74 Å². The van der Waals surface area contributed by atoms with Gasteiger partial charge in [-0.25, -0.2) is 0 Å². The number of likely N-dealkylation sites (tertiary alicyclic amines) is 1. The molecule has 0 bridgehead atoms. The highest BCUT2D eigenvalue weighted by Gasteiger charge is 2.39. The maximum Gasteiger partial charge on any atom is 0.573 e. The van der Waals surface area contributed by atoms with Crippen molar-refractivity contribution in [3.8, 4) is 22.8 Å². The lowest BCUT2D eigenvalue weighted by Crippen LogP contribution is -2.45. The molecule has 1 aliphatic heterocycles. The summed E-state index contributed by atoms with van der Waals surface area (Å²) in [6.07, 6.45) is -1.28. The van der Waals surface area contributed by atoms with E-state index in [4.69, 9.17) is 4.52 Å². The number of carbonyl (C=O) groups excluding carboxylic acids is 1. The van der Waals surface area contributed by atoms with Crippen LogP contribution in [0.5, 0.6) is 5.75 Å². The van der Waals surface area contributed by atoms with Gasteiger partial charge in [-0.05, 0) is 30.7 Å². The molecule has 5 rings (SSSR count). The molecule has 1 fully saturated rings. The summed E-state index contributed by atoms with van der Waals surface area (Å²) >= 11 is 0. The van der Waals surface area contributed by atoms with Crippen molar-refractivity contribution in [1.82, 2.24) is 30.0 Å². The van der Waals surface area contributed by atoms with E-state index in [9.17, 15) is 18.0 Å². The smallest absolute Gasteiger partial charge is 0.405 e. The highest BCUT2D eigenvalue weighted by molar-refractivity contribution is 5.98. The number of hydrogen-bond donors (Lipinski definition) is 0. The molecule has 0 aliphatic carbocycles. The van der Waals surface area contributed by atoms with Gasteiger partial charge >= 0.3 is 6.36 Å². The van der Waals surface area contributed by atoms with E-state index in [-0.39, 0.29) is 23.2 Å². The van der Waals surface area contributed by atoms with Gasteiger partial charge in [-0.1, -0.05) is 29.4 Å². The minimum atomic E-state index is -4.86. The number of alkyl halides is 3. The molecule has 0 radical (unpaired) electrons. The standard InChI is InChI=1S/C21H15F3N6O3/c22-21(23,24)32-17-8-4-2-6-14(17)18-27-19(33-28-18)16-9-12-29(16)20(31)13-5-1-3-7-15(13)30-25-10-11-26-30/h1-8,10-11,16H,9,12H2/t16-/m0/s1. The first-order chi connectivity index (χ1) is 15.9. The Morgan fingerprint density at radius 3 is 2.52 bits per heavy atom. The molecule has 0 spiro atoms. The van der Waals surface area contributed by atoms with Crippen LogP contribution in [0.2, 0.25) is 0 Å². The third-order valence-electron chi connectivity index (χ3n) is 5.13. The number of carbonyl (C=O) groups is 1. The summed E-state index contributed by atoms with van der Waals surface area (Å²) in [7, 11) is 0. The van der Waals surface area contributed by atoms with Crippen LogP contribution in [-0.2, 0) is 0 Å². The van der Waals surface area contributed by atoms with E-state index in [1.54, 1.807) is 29.2 Å². The van der Waals surface area contributed by atoms with Crippen molar-refractivity contribution < 1.29 is 27.2 Å². The zero-order valence-electron chi connectivity index (χ0n) is 16.8. The normalized spacial score (nSPS) is 15.8. The summed E-state index contributed by atoms with van der Waals surface area (Å²) in [5.74, 6) is -0.661. The maximum atomic E-state index is 13.2. The summed E-state index contributed by atoms with van der Waals surface area (Å²) in [6, 6.07) is 11.9.